The minimum Gasteiger partial charge on any atom is -0.398 e. The number of halogens is 5. The Morgan fingerprint density at radius 2 is 1.92 bits per heavy atom. The van der Waals surface area contributed by atoms with Gasteiger partial charge in [-0.2, -0.15) is 13.2 Å². The van der Waals surface area contributed by atoms with Crippen LogP contribution in [0.15, 0.2) is 30.5 Å². The van der Waals surface area contributed by atoms with Crippen LogP contribution in [0.5, 0.6) is 0 Å². The van der Waals surface area contributed by atoms with E-state index in [9.17, 15) is 26.7 Å². The molecule has 0 radical (unpaired) electrons. The van der Waals surface area contributed by atoms with Crippen molar-refractivity contribution in [2.45, 2.75) is 25.6 Å². The van der Waals surface area contributed by atoms with Crippen LogP contribution in [0, 0.1) is 11.6 Å². The van der Waals surface area contributed by atoms with Gasteiger partial charge in [-0.25, -0.2) is 8.78 Å². The molecule has 0 spiro atoms. The first-order valence-electron chi connectivity index (χ1n) is 7.16. The summed E-state index contributed by atoms with van der Waals surface area (Å²) in [7, 11) is 0. The number of nitrogens with zero attached hydrogens (tertiary/aromatic N) is 1. The molecule has 1 aromatic carbocycles. The van der Waals surface area contributed by atoms with Gasteiger partial charge in [0.05, 0.1) is 5.56 Å². The highest BCUT2D eigenvalue weighted by atomic mass is 19.4. The van der Waals surface area contributed by atoms with E-state index >= 15 is 0 Å². The number of rotatable bonds is 4. The van der Waals surface area contributed by atoms with Crippen molar-refractivity contribution < 1.29 is 26.7 Å². The number of benzene rings is 1. The average Bonchev–Trinajstić information content (AvgIpc) is 2.49. The number of nitrogens with two attached hydrogens (primary N) is 1. The minimum absolute atomic E-state index is 0.0878. The van der Waals surface area contributed by atoms with Crippen LogP contribution in [0.4, 0.5) is 27.6 Å². The zero-order valence-electron chi connectivity index (χ0n) is 13.0. The lowest BCUT2D eigenvalue weighted by molar-refractivity contribution is -0.141. The van der Waals surface area contributed by atoms with Gasteiger partial charge in [0.25, 0.3) is 5.91 Å². The van der Waals surface area contributed by atoms with E-state index < -0.39 is 41.0 Å². The molecule has 3 N–H and O–H groups in total. The third-order valence-electron chi connectivity index (χ3n) is 3.38. The van der Waals surface area contributed by atoms with E-state index in [0.29, 0.717) is 5.56 Å². The molecule has 2 rings (SSSR count). The normalized spacial score (nSPS) is 12.7. The number of alkyl halides is 3. The summed E-state index contributed by atoms with van der Waals surface area (Å²) >= 11 is 0. The summed E-state index contributed by atoms with van der Waals surface area (Å²) in [4.78, 5) is 15.4. The van der Waals surface area contributed by atoms with Crippen molar-refractivity contribution in [2.24, 2.45) is 0 Å². The van der Waals surface area contributed by atoms with Crippen molar-refractivity contribution in [2.75, 3.05) is 5.73 Å². The van der Waals surface area contributed by atoms with E-state index in [4.69, 9.17) is 5.73 Å². The van der Waals surface area contributed by atoms with E-state index in [1.807, 2.05) is 0 Å². The molecule has 1 unspecified atom stereocenters. The van der Waals surface area contributed by atoms with Crippen molar-refractivity contribution in [3.63, 3.8) is 0 Å². The number of pyridine rings is 1. The third kappa shape index (κ3) is 4.43. The number of nitrogens with one attached hydrogen (secondary N) is 1. The lowest BCUT2D eigenvalue weighted by atomic mass is 10.1. The van der Waals surface area contributed by atoms with Crippen molar-refractivity contribution in [3.05, 3.63) is 58.9 Å². The van der Waals surface area contributed by atoms with Crippen molar-refractivity contribution in [3.8, 4) is 0 Å². The lowest BCUT2D eigenvalue weighted by Crippen LogP contribution is -2.36. The second-order valence-corrected chi connectivity index (χ2v) is 5.45. The number of carbonyl (C=O) groups excluding carboxylic acids is 1. The van der Waals surface area contributed by atoms with Crippen LogP contribution < -0.4 is 11.1 Å². The Bertz CT molecular complexity index is 792. The summed E-state index contributed by atoms with van der Waals surface area (Å²) in [6.45, 7) is 1.51. The number of amides is 1. The SMILES string of the molecule is CC(Cc1ccc(F)c(F)c1)NC(=O)c1c(N)ccnc1C(F)(F)F. The molecule has 0 fully saturated rings. The average molecular weight is 359 g/mol. The van der Waals surface area contributed by atoms with Crippen LogP contribution in [0.1, 0.15) is 28.5 Å². The van der Waals surface area contributed by atoms with Crippen LogP contribution in [0.2, 0.25) is 0 Å². The summed E-state index contributed by atoms with van der Waals surface area (Å²) in [6.07, 6.45) is -3.89. The van der Waals surface area contributed by atoms with E-state index in [0.717, 1.165) is 24.4 Å². The van der Waals surface area contributed by atoms with Crippen LogP contribution in [0.3, 0.4) is 0 Å². The van der Waals surface area contributed by atoms with Gasteiger partial charge in [0, 0.05) is 17.9 Å². The fourth-order valence-electron chi connectivity index (χ4n) is 2.30. The van der Waals surface area contributed by atoms with Crippen LogP contribution >= 0.6 is 0 Å². The van der Waals surface area contributed by atoms with Crippen LogP contribution in [0.25, 0.3) is 0 Å². The first kappa shape index (κ1) is 18.6. The molecule has 1 amide bonds. The summed E-state index contributed by atoms with van der Waals surface area (Å²) in [5.41, 5.74) is 3.35. The predicted molar refractivity (Wildman–Crippen MR) is 80.6 cm³/mol. The molecule has 1 heterocycles. The smallest absolute Gasteiger partial charge is 0.398 e. The van der Waals surface area contributed by atoms with Crippen molar-refractivity contribution in [1.82, 2.24) is 10.3 Å². The Labute approximate surface area is 139 Å². The lowest BCUT2D eigenvalue weighted by Gasteiger charge is -2.17. The van der Waals surface area contributed by atoms with Crippen LogP contribution in [-0.2, 0) is 12.6 Å². The second kappa shape index (κ2) is 7.04. The molecule has 2 aromatic rings. The summed E-state index contributed by atoms with van der Waals surface area (Å²) < 4.78 is 65.0. The number of carbonyl (C=O) groups is 1. The standard InChI is InChI=1S/C16H14F5N3O/c1-8(6-9-2-3-10(17)11(18)7-9)24-15(25)13-12(22)4-5-23-14(13)16(19,20)21/h2-5,7-8H,6H2,1H3,(H2,22,23)(H,24,25). The Morgan fingerprint density at radius 1 is 1.24 bits per heavy atom. The molecule has 1 atom stereocenters. The molecule has 9 heteroatoms. The van der Waals surface area contributed by atoms with Gasteiger partial charge in [0.15, 0.2) is 17.3 Å². The number of hydrogen-bond donors (Lipinski definition) is 2. The minimum atomic E-state index is -4.84. The molecule has 0 saturated carbocycles. The zero-order valence-corrected chi connectivity index (χ0v) is 13.0. The van der Waals surface area contributed by atoms with Gasteiger partial charge in [-0.15, -0.1) is 0 Å². The van der Waals surface area contributed by atoms with E-state index in [1.165, 1.54) is 13.0 Å². The fourth-order valence-corrected chi connectivity index (χ4v) is 2.30. The first-order chi connectivity index (χ1) is 11.6. The highest BCUT2D eigenvalue weighted by Crippen LogP contribution is 2.32. The summed E-state index contributed by atoms with van der Waals surface area (Å²) in [5, 5.41) is 2.36. The largest absolute Gasteiger partial charge is 0.434 e. The molecule has 0 saturated heterocycles. The first-order valence-corrected chi connectivity index (χ1v) is 7.16. The fraction of sp³-hybridized carbons (Fsp3) is 0.250. The van der Waals surface area contributed by atoms with Crippen molar-refractivity contribution >= 4 is 11.6 Å². The highest BCUT2D eigenvalue weighted by Gasteiger charge is 2.38. The number of nitrogen functional groups attached to an aromatic ring is 1. The Hall–Kier alpha value is -2.71. The molecule has 25 heavy (non-hydrogen) atoms. The molecule has 0 aliphatic heterocycles. The van der Waals surface area contributed by atoms with Gasteiger partial charge in [-0.3, -0.25) is 9.78 Å². The highest BCUT2D eigenvalue weighted by molar-refractivity contribution is 6.00. The summed E-state index contributed by atoms with van der Waals surface area (Å²) in [5.74, 6) is -3.11. The van der Waals surface area contributed by atoms with E-state index in [1.54, 1.807) is 0 Å². The van der Waals surface area contributed by atoms with Gasteiger partial charge >= 0.3 is 6.18 Å². The topological polar surface area (TPSA) is 68.0 Å². The molecule has 0 aliphatic carbocycles. The molecule has 1 aromatic heterocycles. The molecule has 0 aliphatic rings. The maximum absolute atomic E-state index is 13.2. The number of aromatic nitrogens is 1. The zero-order chi connectivity index (χ0) is 18.8. The maximum atomic E-state index is 13.2. The predicted octanol–water partition coefficient (Wildman–Crippen LogP) is 3.32. The molecule has 134 valence electrons. The molecular weight excluding hydrogens is 345 g/mol. The van der Waals surface area contributed by atoms with Gasteiger partial charge < -0.3 is 11.1 Å². The van der Waals surface area contributed by atoms with Gasteiger partial charge in [-0.1, -0.05) is 6.07 Å². The van der Waals surface area contributed by atoms with Gasteiger partial charge in [0.2, 0.25) is 0 Å². The summed E-state index contributed by atoms with van der Waals surface area (Å²) in [6, 6.07) is 3.64. The number of hydrogen-bond acceptors (Lipinski definition) is 3. The molecular formula is C16H14F5N3O. The quantitative estimate of drug-likeness (QED) is 0.823. The monoisotopic (exact) mass is 359 g/mol. The van der Waals surface area contributed by atoms with Gasteiger partial charge in [-0.05, 0) is 37.1 Å². The Kier molecular flexibility index (Phi) is 5.24. The van der Waals surface area contributed by atoms with Gasteiger partial charge in [0.1, 0.15) is 0 Å². The second-order valence-electron chi connectivity index (χ2n) is 5.45. The van der Waals surface area contributed by atoms with E-state index in [2.05, 4.69) is 10.3 Å². The van der Waals surface area contributed by atoms with Crippen molar-refractivity contribution in [1.29, 1.82) is 0 Å². The van der Waals surface area contributed by atoms with E-state index in [-0.39, 0.29) is 12.1 Å². The molecule has 0 bridgehead atoms. The molecule has 4 nitrogen and oxygen atoms in total. The maximum Gasteiger partial charge on any atom is 0.434 e. The van der Waals surface area contributed by atoms with Crippen LogP contribution in [-0.4, -0.2) is 16.9 Å². The number of anilines is 1. The third-order valence-corrected chi connectivity index (χ3v) is 3.38. The Balaban J connectivity index is 2.18. The Morgan fingerprint density at radius 3 is 2.52 bits per heavy atom.